The smallest absolute Gasteiger partial charge is 0.123 e. The van der Waals surface area contributed by atoms with E-state index in [0.29, 0.717) is 6.42 Å². The summed E-state index contributed by atoms with van der Waals surface area (Å²) in [6.07, 6.45) is 0.620. The van der Waals surface area contributed by atoms with E-state index >= 15 is 0 Å². The van der Waals surface area contributed by atoms with Crippen LogP contribution in [-0.2, 0) is 5.60 Å². The van der Waals surface area contributed by atoms with Crippen LogP contribution in [0.3, 0.4) is 0 Å². The van der Waals surface area contributed by atoms with Gasteiger partial charge in [-0.25, -0.2) is 4.39 Å². The zero-order valence-electron chi connectivity index (χ0n) is 10.4. The monoisotopic (exact) mass is 236 g/mol. The van der Waals surface area contributed by atoms with Gasteiger partial charge in [0.1, 0.15) is 5.82 Å². The van der Waals surface area contributed by atoms with Gasteiger partial charge in [0.05, 0.1) is 5.60 Å². The predicted molar refractivity (Wildman–Crippen MR) is 65.6 cm³/mol. The Bertz CT molecular complexity index is 401. The molecule has 1 aliphatic rings. The maximum Gasteiger partial charge on any atom is 0.123 e. The Labute approximate surface area is 102 Å². The van der Waals surface area contributed by atoms with Gasteiger partial charge in [0.25, 0.3) is 0 Å². The summed E-state index contributed by atoms with van der Waals surface area (Å²) in [5.74, 6) is -0.273. The van der Waals surface area contributed by atoms with Crippen LogP contribution in [0.15, 0.2) is 24.3 Å². The van der Waals surface area contributed by atoms with Crippen molar-refractivity contribution in [2.75, 3.05) is 13.1 Å². The lowest BCUT2D eigenvalue weighted by Gasteiger charge is -2.52. The fourth-order valence-corrected chi connectivity index (χ4v) is 2.69. The van der Waals surface area contributed by atoms with E-state index in [1.54, 1.807) is 12.1 Å². The summed E-state index contributed by atoms with van der Waals surface area (Å²) in [4.78, 5) is 1.97. The van der Waals surface area contributed by atoms with Gasteiger partial charge < -0.3 is 10.0 Å². The number of aliphatic hydroxyl groups is 1. The number of halogens is 1. The van der Waals surface area contributed by atoms with Crippen LogP contribution in [-0.4, -0.2) is 23.1 Å². The van der Waals surface area contributed by atoms with Gasteiger partial charge in [-0.05, 0) is 37.2 Å². The van der Waals surface area contributed by atoms with Gasteiger partial charge in [0.2, 0.25) is 0 Å². The first kappa shape index (κ1) is 12.5. The summed E-state index contributed by atoms with van der Waals surface area (Å²) in [7, 11) is 3.93. The van der Waals surface area contributed by atoms with E-state index in [1.807, 2.05) is 18.7 Å². The first-order valence-electron chi connectivity index (χ1n) is 5.89. The van der Waals surface area contributed by atoms with E-state index in [-0.39, 0.29) is 11.2 Å². The van der Waals surface area contributed by atoms with Crippen LogP contribution >= 0.6 is 0 Å². The van der Waals surface area contributed by atoms with Crippen LogP contribution in [0.4, 0.5) is 4.39 Å². The molecule has 1 saturated heterocycles. The number of hydrogen-bond donors (Lipinski definition) is 1. The maximum absolute atomic E-state index is 12.9. The number of nitrogens with zero attached hydrogens (tertiary/aromatic N) is 1. The molecular formula is C14H19FNO-. The largest absolute Gasteiger partial charge is 0.459 e. The zero-order chi connectivity index (χ0) is 12.7. The summed E-state index contributed by atoms with van der Waals surface area (Å²) in [6, 6.07) is 6.16. The molecule has 2 nitrogen and oxygen atoms in total. The molecule has 94 valence electrons. The van der Waals surface area contributed by atoms with Crippen molar-refractivity contribution in [3.05, 3.63) is 42.7 Å². The van der Waals surface area contributed by atoms with Gasteiger partial charge >= 0.3 is 0 Å². The average Bonchev–Trinajstić information content (AvgIpc) is 2.24. The number of hydrogen-bond acceptors (Lipinski definition) is 2. The molecular weight excluding hydrogens is 217 g/mol. The number of benzene rings is 1. The third kappa shape index (κ3) is 2.09. The summed E-state index contributed by atoms with van der Waals surface area (Å²) < 4.78 is 12.9. The van der Waals surface area contributed by atoms with Gasteiger partial charge in [-0.2, -0.15) is 0 Å². The van der Waals surface area contributed by atoms with Crippen LogP contribution in [0, 0.1) is 18.3 Å². The van der Waals surface area contributed by atoms with Gasteiger partial charge in [0, 0.05) is 5.41 Å². The number of likely N-dealkylation sites (tertiary alicyclic amines) is 1. The Morgan fingerprint density at radius 2 is 1.88 bits per heavy atom. The van der Waals surface area contributed by atoms with Crippen LogP contribution in [0.1, 0.15) is 25.8 Å². The molecule has 3 heteroatoms. The topological polar surface area (TPSA) is 23.5 Å². The van der Waals surface area contributed by atoms with Crippen LogP contribution in [0.2, 0.25) is 0 Å². The standard InChI is InChI=1S/C14H19FNO/c1-13(2)10-16(3)9-8-14(13,17)11-4-6-12(15)7-5-11/h4-7,17H,3,8-10H2,1-2H3/q-1. The van der Waals surface area contributed by atoms with E-state index in [9.17, 15) is 9.50 Å². The van der Waals surface area contributed by atoms with Crippen molar-refractivity contribution in [1.82, 2.24) is 4.90 Å². The predicted octanol–water partition coefficient (Wildman–Crippen LogP) is 2.54. The van der Waals surface area contributed by atoms with Crippen molar-refractivity contribution in [2.24, 2.45) is 5.41 Å². The highest BCUT2D eigenvalue weighted by atomic mass is 19.1. The van der Waals surface area contributed by atoms with E-state index < -0.39 is 5.60 Å². The minimum atomic E-state index is -0.908. The fourth-order valence-electron chi connectivity index (χ4n) is 2.69. The van der Waals surface area contributed by atoms with E-state index in [1.165, 1.54) is 12.1 Å². The van der Waals surface area contributed by atoms with Crippen molar-refractivity contribution in [1.29, 1.82) is 0 Å². The molecule has 1 aromatic carbocycles. The van der Waals surface area contributed by atoms with Crippen molar-refractivity contribution in [3.8, 4) is 0 Å². The second kappa shape index (κ2) is 4.07. The first-order valence-corrected chi connectivity index (χ1v) is 5.89. The molecule has 1 unspecified atom stereocenters. The average molecular weight is 236 g/mol. The maximum atomic E-state index is 12.9. The Kier molecular flexibility index (Phi) is 3.00. The van der Waals surface area contributed by atoms with Crippen LogP contribution in [0.5, 0.6) is 0 Å². The molecule has 1 atom stereocenters. The molecule has 17 heavy (non-hydrogen) atoms. The van der Waals surface area contributed by atoms with Crippen LogP contribution < -0.4 is 0 Å². The second-order valence-electron chi connectivity index (χ2n) is 5.55. The highest BCUT2D eigenvalue weighted by Crippen LogP contribution is 2.45. The van der Waals surface area contributed by atoms with Crippen LogP contribution in [0.25, 0.3) is 0 Å². The van der Waals surface area contributed by atoms with Crippen molar-refractivity contribution in [3.63, 3.8) is 0 Å². The molecule has 1 aliphatic heterocycles. The lowest BCUT2D eigenvalue weighted by atomic mass is 9.66. The number of piperidine rings is 1. The van der Waals surface area contributed by atoms with Gasteiger partial charge in [0.15, 0.2) is 0 Å². The molecule has 1 aromatic rings. The highest BCUT2D eigenvalue weighted by Gasteiger charge is 2.46. The molecule has 0 aromatic heterocycles. The molecule has 1 N–H and O–H groups in total. The molecule has 0 aliphatic carbocycles. The third-order valence-electron chi connectivity index (χ3n) is 3.85. The van der Waals surface area contributed by atoms with E-state index in [2.05, 4.69) is 7.05 Å². The lowest BCUT2D eigenvalue weighted by molar-refractivity contribution is -0.117. The summed E-state index contributed by atoms with van der Waals surface area (Å²) in [5.41, 5.74) is -0.420. The number of rotatable bonds is 1. The minimum absolute atomic E-state index is 0.273. The molecule has 1 heterocycles. The molecule has 2 rings (SSSR count). The normalized spacial score (nSPS) is 29.2. The second-order valence-corrected chi connectivity index (χ2v) is 5.55. The Morgan fingerprint density at radius 3 is 2.41 bits per heavy atom. The highest BCUT2D eigenvalue weighted by molar-refractivity contribution is 5.26. The zero-order valence-corrected chi connectivity index (χ0v) is 10.4. The van der Waals surface area contributed by atoms with Gasteiger partial charge in [-0.3, -0.25) is 7.05 Å². The Hall–Kier alpha value is -0.930. The van der Waals surface area contributed by atoms with Crippen molar-refractivity contribution >= 4 is 0 Å². The lowest BCUT2D eigenvalue weighted by Crippen LogP contribution is -2.53. The first-order chi connectivity index (χ1) is 7.85. The van der Waals surface area contributed by atoms with Crippen molar-refractivity contribution < 1.29 is 9.50 Å². The molecule has 0 spiro atoms. The third-order valence-corrected chi connectivity index (χ3v) is 3.85. The summed E-state index contributed by atoms with van der Waals surface area (Å²) >= 11 is 0. The Morgan fingerprint density at radius 1 is 1.29 bits per heavy atom. The molecule has 0 radical (unpaired) electrons. The van der Waals surface area contributed by atoms with Crippen molar-refractivity contribution in [2.45, 2.75) is 25.9 Å². The van der Waals surface area contributed by atoms with E-state index in [4.69, 9.17) is 0 Å². The molecule has 1 fully saturated rings. The van der Waals surface area contributed by atoms with Gasteiger partial charge in [-0.1, -0.05) is 26.0 Å². The quantitative estimate of drug-likeness (QED) is 0.757. The molecule has 0 saturated carbocycles. The Balaban J connectivity index is 2.37. The summed E-state index contributed by atoms with van der Waals surface area (Å²) in [5, 5.41) is 10.9. The SMILES string of the molecule is [CH2-]N1CCC(O)(c2ccc(F)cc2)C(C)(C)C1. The molecule has 0 amide bonds. The fraction of sp³-hybridized carbons (Fsp3) is 0.500. The molecule has 0 bridgehead atoms. The summed E-state index contributed by atoms with van der Waals surface area (Å²) in [6.45, 7) is 5.51. The van der Waals surface area contributed by atoms with E-state index in [0.717, 1.165) is 18.7 Å². The van der Waals surface area contributed by atoms with Gasteiger partial charge in [-0.15, -0.1) is 0 Å². The minimum Gasteiger partial charge on any atom is -0.459 e.